The molecule has 3 rings (SSSR count). The molecule has 2 unspecified atom stereocenters. The third-order valence-corrected chi connectivity index (χ3v) is 4.66. The van der Waals surface area contributed by atoms with Crippen LogP contribution in [0.1, 0.15) is 44.6 Å². The van der Waals surface area contributed by atoms with E-state index in [0.29, 0.717) is 0 Å². The molecule has 1 saturated heterocycles. The molecule has 1 spiro atoms. The van der Waals surface area contributed by atoms with Crippen LogP contribution < -0.4 is 0 Å². The summed E-state index contributed by atoms with van der Waals surface area (Å²) in [7, 11) is 0. The highest BCUT2D eigenvalue weighted by Crippen LogP contribution is 2.43. The van der Waals surface area contributed by atoms with Crippen LogP contribution in [0.3, 0.4) is 0 Å². The van der Waals surface area contributed by atoms with Crippen molar-refractivity contribution in [1.82, 2.24) is 0 Å². The fraction of sp³-hybridized carbons (Fsp3) is 0.625. The zero-order chi connectivity index (χ0) is 13.3. The van der Waals surface area contributed by atoms with Gasteiger partial charge in [0.2, 0.25) is 0 Å². The fourth-order valence-corrected chi connectivity index (χ4v) is 3.49. The molecule has 1 aliphatic carbocycles. The van der Waals surface area contributed by atoms with Crippen molar-refractivity contribution in [2.75, 3.05) is 0 Å². The Morgan fingerprint density at radius 2 is 1.84 bits per heavy atom. The van der Waals surface area contributed by atoms with Gasteiger partial charge in [0.25, 0.3) is 0 Å². The van der Waals surface area contributed by atoms with Crippen molar-refractivity contribution in [3.8, 4) is 0 Å². The van der Waals surface area contributed by atoms with Gasteiger partial charge in [-0.3, -0.25) is 0 Å². The van der Waals surface area contributed by atoms with Gasteiger partial charge in [0.1, 0.15) is 0 Å². The highest BCUT2D eigenvalue weighted by atomic mass is 35.5. The first kappa shape index (κ1) is 13.4. The largest absolute Gasteiger partial charge is 0.344 e. The molecular weight excluding hydrogens is 260 g/mol. The average Bonchev–Trinajstić information content (AvgIpc) is 3.00. The minimum atomic E-state index is -0.285. The van der Waals surface area contributed by atoms with Gasteiger partial charge in [-0.05, 0) is 30.9 Å². The highest BCUT2D eigenvalue weighted by Gasteiger charge is 2.48. The van der Waals surface area contributed by atoms with Crippen molar-refractivity contribution in [2.45, 2.75) is 63.4 Å². The Morgan fingerprint density at radius 3 is 2.53 bits per heavy atom. The lowest BCUT2D eigenvalue weighted by Gasteiger charge is -2.22. The first-order valence-electron chi connectivity index (χ1n) is 7.31. The second-order valence-corrected chi connectivity index (χ2v) is 6.04. The van der Waals surface area contributed by atoms with E-state index >= 15 is 0 Å². The first-order chi connectivity index (χ1) is 9.22. The van der Waals surface area contributed by atoms with Crippen molar-refractivity contribution < 1.29 is 9.47 Å². The Morgan fingerprint density at radius 1 is 1.16 bits per heavy atom. The molecule has 1 aromatic rings. The van der Waals surface area contributed by atoms with E-state index in [2.05, 4.69) is 13.0 Å². The summed E-state index contributed by atoms with van der Waals surface area (Å²) in [6.07, 6.45) is 6.71. The van der Waals surface area contributed by atoms with Gasteiger partial charge < -0.3 is 9.47 Å². The van der Waals surface area contributed by atoms with Crippen molar-refractivity contribution in [3.63, 3.8) is 0 Å². The van der Waals surface area contributed by atoms with Gasteiger partial charge in [-0.15, -0.1) is 0 Å². The molecule has 1 aromatic carbocycles. The third kappa shape index (κ3) is 2.67. The van der Waals surface area contributed by atoms with E-state index in [0.717, 1.165) is 36.3 Å². The van der Waals surface area contributed by atoms with Gasteiger partial charge in [-0.25, -0.2) is 0 Å². The molecule has 0 amide bonds. The molecule has 3 heteroatoms. The van der Waals surface area contributed by atoms with Gasteiger partial charge in [-0.1, -0.05) is 36.7 Å². The molecule has 1 saturated carbocycles. The lowest BCUT2D eigenvalue weighted by molar-refractivity contribution is -0.169. The summed E-state index contributed by atoms with van der Waals surface area (Å²) < 4.78 is 12.5. The Kier molecular flexibility index (Phi) is 3.84. The van der Waals surface area contributed by atoms with E-state index in [1.165, 1.54) is 12.8 Å². The molecule has 0 bridgehead atoms. The molecule has 2 nitrogen and oxygen atoms in total. The highest BCUT2D eigenvalue weighted by molar-refractivity contribution is 6.31. The topological polar surface area (TPSA) is 18.5 Å². The molecule has 104 valence electrons. The van der Waals surface area contributed by atoms with Crippen molar-refractivity contribution >= 4 is 11.6 Å². The summed E-state index contributed by atoms with van der Waals surface area (Å²) >= 11 is 6.25. The first-order valence-corrected chi connectivity index (χ1v) is 7.69. The summed E-state index contributed by atoms with van der Waals surface area (Å²) in [5.74, 6) is -0.285. The average molecular weight is 281 g/mol. The Hall–Kier alpha value is -0.570. The number of hydrogen-bond donors (Lipinski definition) is 0. The predicted octanol–water partition coefficient (Wildman–Crippen LogP) is 4.35. The van der Waals surface area contributed by atoms with Crippen LogP contribution in [0.5, 0.6) is 0 Å². The standard InChI is InChI=1S/C16H21ClO2/c1-2-14-15(11-12-7-3-4-8-13(12)17)19-16(18-14)9-5-6-10-16/h3-4,7-8,14-15H,2,5-6,9-11H2,1H3. The molecule has 2 fully saturated rings. The molecule has 0 radical (unpaired) electrons. The maximum absolute atomic E-state index is 6.29. The maximum Gasteiger partial charge on any atom is 0.169 e. The van der Waals surface area contributed by atoms with Crippen molar-refractivity contribution in [2.24, 2.45) is 0 Å². The summed E-state index contributed by atoms with van der Waals surface area (Å²) in [5.41, 5.74) is 1.16. The summed E-state index contributed by atoms with van der Waals surface area (Å²) in [6, 6.07) is 8.02. The van der Waals surface area contributed by atoms with Crippen LogP contribution in [0.15, 0.2) is 24.3 Å². The molecule has 19 heavy (non-hydrogen) atoms. The van der Waals surface area contributed by atoms with E-state index in [-0.39, 0.29) is 18.0 Å². The van der Waals surface area contributed by atoms with Crippen LogP contribution in [-0.4, -0.2) is 18.0 Å². The van der Waals surface area contributed by atoms with Crippen LogP contribution in [0, 0.1) is 0 Å². The molecule has 1 aliphatic heterocycles. The number of rotatable bonds is 3. The zero-order valence-corrected chi connectivity index (χ0v) is 12.2. The van der Waals surface area contributed by atoms with Crippen LogP contribution in [-0.2, 0) is 15.9 Å². The Labute approximate surface area is 120 Å². The van der Waals surface area contributed by atoms with E-state index < -0.39 is 0 Å². The number of ether oxygens (including phenoxy) is 2. The van der Waals surface area contributed by atoms with Gasteiger partial charge in [-0.2, -0.15) is 0 Å². The minimum Gasteiger partial charge on any atom is -0.344 e. The van der Waals surface area contributed by atoms with Crippen molar-refractivity contribution in [3.05, 3.63) is 34.9 Å². The zero-order valence-electron chi connectivity index (χ0n) is 11.4. The third-order valence-electron chi connectivity index (χ3n) is 4.29. The molecule has 0 aromatic heterocycles. The number of halogens is 1. The second-order valence-electron chi connectivity index (χ2n) is 5.63. The van der Waals surface area contributed by atoms with Gasteiger partial charge in [0.15, 0.2) is 5.79 Å². The molecule has 0 N–H and O–H groups in total. The van der Waals surface area contributed by atoms with E-state index in [1.54, 1.807) is 0 Å². The normalized spacial score (nSPS) is 29.2. The van der Waals surface area contributed by atoms with E-state index in [4.69, 9.17) is 21.1 Å². The molecule has 2 atom stereocenters. The van der Waals surface area contributed by atoms with E-state index in [9.17, 15) is 0 Å². The number of benzene rings is 1. The van der Waals surface area contributed by atoms with Crippen molar-refractivity contribution in [1.29, 1.82) is 0 Å². The van der Waals surface area contributed by atoms with Gasteiger partial charge in [0, 0.05) is 24.3 Å². The van der Waals surface area contributed by atoms with Gasteiger partial charge in [0.05, 0.1) is 12.2 Å². The Balaban J connectivity index is 1.75. The smallest absolute Gasteiger partial charge is 0.169 e. The monoisotopic (exact) mass is 280 g/mol. The lowest BCUT2D eigenvalue weighted by Crippen LogP contribution is -2.27. The summed E-state index contributed by atoms with van der Waals surface area (Å²) in [5, 5.41) is 0.827. The van der Waals surface area contributed by atoms with Crippen LogP contribution in [0.4, 0.5) is 0 Å². The van der Waals surface area contributed by atoms with Crippen LogP contribution >= 0.6 is 11.6 Å². The second kappa shape index (κ2) is 5.43. The quantitative estimate of drug-likeness (QED) is 0.820. The molecule has 1 heterocycles. The molecular formula is C16H21ClO2. The maximum atomic E-state index is 6.29. The summed E-state index contributed by atoms with van der Waals surface area (Å²) in [6.45, 7) is 2.17. The lowest BCUT2D eigenvalue weighted by atomic mass is 10.0. The Bertz CT molecular complexity index is 440. The summed E-state index contributed by atoms with van der Waals surface area (Å²) in [4.78, 5) is 0. The fourth-order valence-electron chi connectivity index (χ4n) is 3.28. The van der Waals surface area contributed by atoms with E-state index in [1.807, 2.05) is 18.2 Å². The minimum absolute atomic E-state index is 0.142. The van der Waals surface area contributed by atoms with Gasteiger partial charge >= 0.3 is 0 Å². The van der Waals surface area contributed by atoms with Crippen LogP contribution in [0.25, 0.3) is 0 Å². The number of hydrogen-bond acceptors (Lipinski definition) is 2. The SMILES string of the molecule is CCC1OC2(CCCC2)OC1Cc1ccccc1Cl. The predicted molar refractivity (Wildman–Crippen MR) is 76.4 cm³/mol. The van der Waals surface area contributed by atoms with Crippen LogP contribution in [0.2, 0.25) is 5.02 Å². The molecule has 2 aliphatic rings.